The van der Waals surface area contributed by atoms with Gasteiger partial charge in [0.15, 0.2) is 6.10 Å². The molecule has 0 radical (unpaired) electrons. The maximum Gasteiger partial charge on any atom is 0.280 e. The minimum Gasteiger partial charge on any atom is -0.481 e. The van der Waals surface area contributed by atoms with Gasteiger partial charge in [-0.1, -0.05) is 66.7 Å². The predicted octanol–water partition coefficient (Wildman–Crippen LogP) is 5.30. The van der Waals surface area contributed by atoms with Gasteiger partial charge in [0.2, 0.25) is 0 Å². The molecule has 0 aromatic heterocycles. The third-order valence-corrected chi connectivity index (χ3v) is 4.90. The van der Waals surface area contributed by atoms with Gasteiger partial charge in [-0.05, 0) is 59.2 Å². The van der Waals surface area contributed by atoms with Crippen molar-refractivity contribution >= 4 is 33.2 Å². The number of nitrogens with zero attached hydrogens (tertiary/aromatic N) is 1. The second kappa shape index (κ2) is 8.15. The van der Waals surface area contributed by atoms with E-state index in [0.29, 0.717) is 5.75 Å². The zero-order valence-electron chi connectivity index (χ0n) is 16.4. The van der Waals surface area contributed by atoms with E-state index in [1.54, 1.807) is 6.92 Å². The van der Waals surface area contributed by atoms with Gasteiger partial charge < -0.3 is 4.74 Å². The third-order valence-electron chi connectivity index (χ3n) is 4.90. The van der Waals surface area contributed by atoms with Gasteiger partial charge in [-0.25, -0.2) is 5.43 Å². The van der Waals surface area contributed by atoms with Crippen LogP contribution in [0.3, 0.4) is 0 Å². The normalized spacial score (nSPS) is 12.7. The van der Waals surface area contributed by atoms with Crippen molar-refractivity contribution < 1.29 is 9.53 Å². The molecule has 144 valence electrons. The van der Waals surface area contributed by atoms with Gasteiger partial charge in [0.25, 0.3) is 5.91 Å². The third kappa shape index (κ3) is 4.27. The molecule has 0 bridgehead atoms. The summed E-state index contributed by atoms with van der Waals surface area (Å²) >= 11 is 0. The summed E-state index contributed by atoms with van der Waals surface area (Å²) in [5.41, 5.74) is 4.31. The van der Waals surface area contributed by atoms with Crippen molar-refractivity contribution in [2.45, 2.75) is 20.0 Å². The number of hydrogen-bond donors (Lipinski definition) is 1. The molecule has 0 aliphatic rings. The molecule has 1 atom stereocenters. The van der Waals surface area contributed by atoms with Crippen LogP contribution in [0, 0.1) is 0 Å². The van der Waals surface area contributed by atoms with Gasteiger partial charge >= 0.3 is 0 Å². The van der Waals surface area contributed by atoms with Crippen LogP contribution < -0.4 is 10.2 Å². The van der Waals surface area contributed by atoms with Crippen molar-refractivity contribution in [3.8, 4) is 5.75 Å². The molecule has 29 heavy (non-hydrogen) atoms. The van der Waals surface area contributed by atoms with Crippen LogP contribution >= 0.6 is 0 Å². The Kier molecular flexibility index (Phi) is 5.25. The fraction of sp³-hybridized carbons (Fsp3) is 0.120. The molecule has 4 aromatic rings. The zero-order valence-corrected chi connectivity index (χ0v) is 16.4. The van der Waals surface area contributed by atoms with Crippen molar-refractivity contribution in [1.82, 2.24) is 5.43 Å². The molecule has 4 nitrogen and oxygen atoms in total. The maximum absolute atomic E-state index is 12.4. The minimum absolute atomic E-state index is 0.293. The Labute approximate surface area is 169 Å². The molecule has 0 aliphatic heterocycles. The van der Waals surface area contributed by atoms with Gasteiger partial charge in [0.05, 0.1) is 5.71 Å². The molecule has 1 N–H and O–H groups in total. The first kappa shape index (κ1) is 18.7. The first-order valence-corrected chi connectivity index (χ1v) is 9.59. The molecule has 4 heteroatoms. The number of rotatable bonds is 5. The van der Waals surface area contributed by atoms with Gasteiger partial charge in [0.1, 0.15) is 5.75 Å². The Morgan fingerprint density at radius 1 is 0.828 bits per heavy atom. The Balaban J connectivity index is 1.42. The second-order valence-corrected chi connectivity index (χ2v) is 7.00. The van der Waals surface area contributed by atoms with E-state index >= 15 is 0 Å². The van der Waals surface area contributed by atoms with Crippen LogP contribution in [-0.2, 0) is 4.79 Å². The fourth-order valence-electron chi connectivity index (χ4n) is 3.21. The number of ether oxygens (including phenoxy) is 1. The van der Waals surface area contributed by atoms with E-state index in [1.165, 1.54) is 5.39 Å². The average molecular weight is 382 g/mol. The number of amides is 1. The number of nitrogens with one attached hydrogen (secondary N) is 1. The zero-order chi connectivity index (χ0) is 20.2. The van der Waals surface area contributed by atoms with Crippen molar-refractivity contribution in [2.75, 3.05) is 0 Å². The van der Waals surface area contributed by atoms with Crippen LogP contribution in [0.2, 0.25) is 0 Å². The first-order valence-electron chi connectivity index (χ1n) is 9.59. The highest BCUT2D eigenvalue weighted by molar-refractivity contribution is 6.02. The summed E-state index contributed by atoms with van der Waals surface area (Å²) in [5.74, 6) is 0.361. The molecule has 0 unspecified atom stereocenters. The van der Waals surface area contributed by atoms with Crippen LogP contribution in [-0.4, -0.2) is 17.7 Å². The van der Waals surface area contributed by atoms with Crippen LogP contribution in [0.4, 0.5) is 0 Å². The van der Waals surface area contributed by atoms with Crippen molar-refractivity contribution in [1.29, 1.82) is 0 Å². The molecular weight excluding hydrogens is 360 g/mol. The highest BCUT2D eigenvalue weighted by Crippen LogP contribution is 2.21. The summed E-state index contributed by atoms with van der Waals surface area (Å²) in [6.07, 6.45) is -0.663. The summed E-state index contributed by atoms with van der Waals surface area (Å²) in [4.78, 5) is 12.4. The Morgan fingerprint density at radius 3 is 2.10 bits per heavy atom. The molecule has 0 saturated carbocycles. The van der Waals surface area contributed by atoms with Crippen LogP contribution in [0.5, 0.6) is 5.75 Å². The largest absolute Gasteiger partial charge is 0.481 e. The number of hydrazone groups is 1. The van der Waals surface area contributed by atoms with Crippen molar-refractivity contribution in [2.24, 2.45) is 5.10 Å². The highest BCUT2D eigenvalue weighted by atomic mass is 16.5. The van der Waals surface area contributed by atoms with Gasteiger partial charge in [0, 0.05) is 0 Å². The van der Waals surface area contributed by atoms with E-state index in [-0.39, 0.29) is 5.91 Å². The van der Waals surface area contributed by atoms with Gasteiger partial charge in [-0.15, -0.1) is 0 Å². The van der Waals surface area contributed by atoms with E-state index in [0.717, 1.165) is 27.4 Å². The second-order valence-electron chi connectivity index (χ2n) is 7.00. The summed E-state index contributed by atoms with van der Waals surface area (Å²) < 4.78 is 5.80. The molecule has 4 aromatic carbocycles. The van der Waals surface area contributed by atoms with E-state index in [9.17, 15) is 4.79 Å². The average Bonchev–Trinajstić information content (AvgIpc) is 2.76. The predicted molar refractivity (Wildman–Crippen MR) is 118 cm³/mol. The monoisotopic (exact) mass is 382 g/mol. The molecule has 1 amide bonds. The summed E-state index contributed by atoms with van der Waals surface area (Å²) in [7, 11) is 0. The number of benzene rings is 4. The standard InChI is InChI=1S/C25H22N2O2/c1-17(21-12-11-19-7-3-5-9-22(19)15-21)26-27-25(28)18(2)29-24-14-13-20-8-4-6-10-23(20)16-24/h3-16,18H,1-2H3,(H,27,28)/b26-17+/t18-/m1/s1. The molecular formula is C25H22N2O2. The highest BCUT2D eigenvalue weighted by Gasteiger charge is 2.14. The van der Waals surface area contributed by atoms with Crippen LogP contribution in [0.25, 0.3) is 21.5 Å². The number of hydrogen-bond acceptors (Lipinski definition) is 3. The molecule has 4 rings (SSSR count). The molecule has 0 saturated heterocycles. The molecule has 0 aliphatic carbocycles. The summed E-state index contributed by atoms with van der Waals surface area (Å²) in [5, 5.41) is 8.76. The Bertz CT molecular complexity index is 1210. The van der Waals surface area contributed by atoms with E-state index in [1.807, 2.05) is 67.6 Å². The smallest absolute Gasteiger partial charge is 0.280 e. The molecule has 0 fully saturated rings. The number of carbonyl (C=O) groups excluding carboxylic acids is 1. The van der Waals surface area contributed by atoms with E-state index in [2.05, 4.69) is 34.8 Å². The van der Waals surface area contributed by atoms with Gasteiger partial charge in [-0.3, -0.25) is 4.79 Å². The Morgan fingerprint density at radius 2 is 1.41 bits per heavy atom. The Hall–Kier alpha value is -3.66. The summed E-state index contributed by atoms with van der Waals surface area (Å²) in [6, 6.07) is 28.1. The number of carbonyl (C=O) groups is 1. The topological polar surface area (TPSA) is 50.7 Å². The van der Waals surface area contributed by atoms with Crippen molar-refractivity contribution in [3.63, 3.8) is 0 Å². The van der Waals surface area contributed by atoms with E-state index in [4.69, 9.17) is 4.74 Å². The lowest BCUT2D eigenvalue weighted by Gasteiger charge is -2.14. The summed E-state index contributed by atoms with van der Waals surface area (Å²) in [6.45, 7) is 3.59. The fourth-order valence-corrected chi connectivity index (χ4v) is 3.21. The lowest BCUT2D eigenvalue weighted by molar-refractivity contribution is -0.127. The lowest BCUT2D eigenvalue weighted by Crippen LogP contribution is -2.33. The number of fused-ring (bicyclic) bond motifs is 2. The maximum atomic E-state index is 12.4. The van der Waals surface area contributed by atoms with Crippen LogP contribution in [0.1, 0.15) is 19.4 Å². The van der Waals surface area contributed by atoms with Gasteiger partial charge in [-0.2, -0.15) is 5.10 Å². The quantitative estimate of drug-likeness (QED) is 0.376. The minimum atomic E-state index is -0.663. The SMILES string of the molecule is C/C(=N\NC(=O)[C@@H](C)Oc1ccc2ccccc2c1)c1ccc2ccccc2c1. The van der Waals surface area contributed by atoms with E-state index < -0.39 is 6.10 Å². The lowest BCUT2D eigenvalue weighted by atomic mass is 10.0. The molecule has 0 heterocycles. The first-order chi connectivity index (χ1) is 14.1. The van der Waals surface area contributed by atoms with Crippen LogP contribution in [0.15, 0.2) is 90.0 Å². The van der Waals surface area contributed by atoms with Crippen molar-refractivity contribution in [3.05, 3.63) is 90.5 Å². The molecule has 0 spiro atoms.